The topological polar surface area (TPSA) is 99.7 Å². The van der Waals surface area contributed by atoms with Gasteiger partial charge < -0.3 is 19.7 Å². The van der Waals surface area contributed by atoms with Gasteiger partial charge in [0.2, 0.25) is 0 Å². The van der Waals surface area contributed by atoms with Crippen LogP contribution in [0.2, 0.25) is 0 Å². The molecule has 7 heteroatoms. The van der Waals surface area contributed by atoms with Gasteiger partial charge in [0.15, 0.2) is 0 Å². The quantitative estimate of drug-likeness (QED) is 0.447. The van der Waals surface area contributed by atoms with E-state index in [0.29, 0.717) is 16.8 Å². The second kappa shape index (κ2) is 8.44. The number of aryl methyl sites for hydroxylation is 1. The van der Waals surface area contributed by atoms with E-state index in [1.165, 1.54) is 7.05 Å². The van der Waals surface area contributed by atoms with Gasteiger partial charge in [0, 0.05) is 24.8 Å². The molecule has 0 saturated carbocycles. The van der Waals surface area contributed by atoms with Gasteiger partial charge in [-0.2, -0.15) is 0 Å². The summed E-state index contributed by atoms with van der Waals surface area (Å²) in [6, 6.07) is 8.88. The monoisotopic (exact) mass is 358 g/mol. The first-order valence-corrected chi connectivity index (χ1v) is 8.28. The van der Waals surface area contributed by atoms with E-state index in [1.54, 1.807) is 38.1 Å². The number of H-pyrrole nitrogens is 1. The average Bonchev–Trinajstić information content (AvgIpc) is 2.98. The molecule has 0 radical (unpaired) electrons. The Kier molecular flexibility index (Phi) is 6.30. The van der Waals surface area contributed by atoms with Crippen LogP contribution >= 0.6 is 0 Å². The van der Waals surface area contributed by atoms with Gasteiger partial charge in [-0.05, 0) is 19.4 Å². The number of hydrogen-bond donors (Lipinski definition) is 2. The minimum atomic E-state index is -0.779. The second-order valence-electron chi connectivity index (χ2n) is 5.74. The van der Waals surface area contributed by atoms with Gasteiger partial charge in [-0.25, -0.2) is 4.79 Å². The lowest BCUT2D eigenvalue weighted by molar-refractivity contribution is -0.125. The Hall–Kier alpha value is -2.93. The molecule has 1 heterocycles. The Morgan fingerprint density at radius 1 is 1.19 bits per heavy atom. The number of carbonyl (C=O) groups excluding carboxylic acids is 3. The number of aliphatic hydroxyl groups is 1. The smallest absolute Gasteiger partial charge is 0.340 e. The van der Waals surface area contributed by atoms with Crippen LogP contribution in [0.4, 0.5) is 0 Å². The van der Waals surface area contributed by atoms with Gasteiger partial charge in [0.25, 0.3) is 11.7 Å². The van der Waals surface area contributed by atoms with E-state index in [2.05, 4.69) is 4.98 Å². The van der Waals surface area contributed by atoms with Crippen molar-refractivity contribution >= 4 is 17.7 Å². The van der Waals surface area contributed by atoms with Crippen molar-refractivity contribution in [2.75, 3.05) is 26.8 Å². The fraction of sp³-hybridized carbons (Fsp3) is 0.316. The molecule has 1 aromatic carbocycles. The van der Waals surface area contributed by atoms with E-state index >= 15 is 0 Å². The summed E-state index contributed by atoms with van der Waals surface area (Å²) in [5, 5.41) is 8.98. The zero-order chi connectivity index (χ0) is 19.3. The predicted molar refractivity (Wildman–Crippen MR) is 96.0 cm³/mol. The van der Waals surface area contributed by atoms with Gasteiger partial charge in [-0.15, -0.1) is 0 Å². The fourth-order valence-electron chi connectivity index (χ4n) is 2.68. The van der Waals surface area contributed by atoms with Crippen molar-refractivity contribution in [3.63, 3.8) is 0 Å². The highest BCUT2D eigenvalue weighted by atomic mass is 16.5. The van der Waals surface area contributed by atoms with Crippen molar-refractivity contribution in [3.8, 4) is 11.1 Å². The number of esters is 1. The molecule has 0 unspecified atom stereocenters. The minimum absolute atomic E-state index is 0.0338. The number of ether oxygens (including phenoxy) is 1. The number of carbonyl (C=O) groups is 3. The first-order valence-electron chi connectivity index (χ1n) is 8.28. The molecular formula is C19H22N2O5. The number of hydrogen-bond acceptors (Lipinski definition) is 5. The summed E-state index contributed by atoms with van der Waals surface area (Å²) in [6.45, 7) is 3.33. The zero-order valence-corrected chi connectivity index (χ0v) is 15.0. The normalized spacial score (nSPS) is 10.5. The van der Waals surface area contributed by atoms with Crippen LogP contribution in [-0.4, -0.2) is 59.5 Å². The summed E-state index contributed by atoms with van der Waals surface area (Å²) in [5.74, 6) is -2.11. The number of benzene rings is 1. The van der Waals surface area contributed by atoms with Gasteiger partial charge in [0.1, 0.15) is 5.69 Å². The first kappa shape index (κ1) is 19.4. The van der Waals surface area contributed by atoms with Crippen molar-refractivity contribution in [2.45, 2.75) is 13.8 Å². The Labute approximate surface area is 151 Å². The van der Waals surface area contributed by atoms with Crippen LogP contribution in [-0.2, 0) is 9.53 Å². The maximum atomic E-state index is 12.7. The van der Waals surface area contributed by atoms with E-state index in [-0.39, 0.29) is 31.0 Å². The first-order chi connectivity index (χ1) is 12.4. The van der Waals surface area contributed by atoms with E-state index in [9.17, 15) is 14.4 Å². The lowest BCUT2D eigenvalue weighted by Crippen LogP contribution is -2.35. The molecule has 0 saturated heterocycles. The van der Waals surface area contributed by atoms with Crippen molar-refractivity contribution < 1.29 is 24.2 Å². The maximum Gasteiger partial charge on any atom is 0.340 e. The van der Waals surface area contributed by atoms with Crippen LogP contribution in [0.5, 0.6) is 0 Å². The molecule has 138 valence electrons. The standard InChI is InChI=1S/C19H22N2O5/c1-4-26-19(25)14-12(2)20-16(15(14)13-8-6-5-7-9-13)17(23)18(24)21(3)10-11-22/h5-9,20,22H,4,10-11H2,1-3H3. The van der Waals surface area contributed by atoms with Crippen LogP contribution in [0.1, 0.15) is 33.5 Å². The van der Waals surface area contributed by atoms with E-state index in [4.69, 9.17) is 9.84 Å². The summed E-state index contributed by atoms with van der Waals surface area (Å²) in [5.41, 5.74) is 1.69. The fourth-order valence-corrected chi connectivity index (χ4v) is 2.68. The maximum absolute atomic E-state index is 12.7. The largest absolute Gasteiger partial charge is 0.462 e. The van der Waals surface area contributed by atoms with Crippen LogP contribution in [0.15, 0.2) is 30.3 Å². The average molecular weight is 358 g/mol. The SMILES string of the molecule is CCOC(=O)c1c(C)[nH]c(C(=O)C(=O)N(C)CCO)c1-c1ccccc1. The van der Waals surface area contributed by atoms with Crippen molar-refractivity contribution in [1.82, 2.24) is 9.88 Å². The third kappa shape index (κ3) is 3.83. The summed E-state index contributed by atoms with van der Waals surface area (Å²) in [6.07, 6.45) is 0. The molecule has 0 aliphatic rings. The van der Waals surface area contributed by atoms with Gasteiger partial charge in [0.05, 0.1) is 18.8 Å². The number of aromatic nitrogens is 1. The van der Waals surface area contributed by atoms with Crippen LogP contribution < -0.4 is 0 Å². The molecule has 0 fully saturated rings. The minimum Gasteiger partial charge on any atom is -0.462 e. The number of Topliss-reactive ketones (excluding diaryl/α,β-unsaturated/α-hetero) is 1. The zero-order valence-electron chi connectivity index (χ0n) is 15.0. The highest BCUT2D eigenvalue weighted by Crippen LogP contribution is 2.31. The number of nitrogens with one attached hydrogen (secondary N) is 1. The molecular weight excluding hydrogens is 336 g/mol. The van der Waals surface area contributed by atoms with E-state index in [0.717, 1.165) is 4.90 Å². The highest BCUT2D eigenvalue weighted by Gasteiger charge is 2.30. The number of aromatic amines is 1. The summed E-state index contributed by atoms with van der Waals surface area (Å²) >= 11 is 0. The van der Waals surface area contributed by atoms with Crippen molar-refractivity contribution in [1.29, 1.82) is 0 Å². The van der Waals surface area contributed by atoms with Crippen LogP contribution in [0.25, 0.3) is 11.1 Å². The Balaban J connectivity index is 2.60. The molecule has 2 rings (SSSR count). The lowest BCUT2D eigenvalue weighted by atomic mass is 9.98. The number of ketones is 1. The molecule has 26 heavy (non-hydrogen) atoms. The molecule has 1 amide bonds. The predicted octanol–water partition coefficient (Wildman–Crippen LogP) is 1.80. The summed E-state index contributed by atoms with van der Waals surface area (Å²) < 4.78 is 5.11. The summed E-state index contributed by atoms with van der Waals surface area (Å²) in [4.78, 5) is 41.5. The molecule has 0 bridgehead atoms. The lowest BCUT2D eigenvalue weighted by Gasteiger charge is -2.14. The van der Waals surface area contributed by atoms with Gasteiger partial charge in [-0.1, -0.05) is 30.3 Å². The third-order valence-electron chi connectivity index (χ3n) is 3.93. The Morgan fingerprint density at radius 2 is 1.85 bits per heavy atom. The molecule has 0 spiro atoms. The number of aliphatic hydroxyl groups excluding tert-OH is 1. The van der Waals surface area contributed by atoms with Crippen molar-refractivity contribution in [2.24, 2.45) is 0 Å². The summed E-state index contributed by atoms with van der Waals surface area (Å²) in [7, 11) is 1.43. The molecule has 0 aliphatic carbocycles. The number of nitrogens with zero attached hydrogens (tertiary/aromatic N) is 1. The molecule has 1 aromatic heterocycles. The highest BCUT2D eigenvalue weighted by molar-refractivity contribution is 6.43. The van der Waals surface area contributed by atoms with E-state index in [1.807, 2.05) is 6.07 Å². The van der Waals surface area contributed by atoms with Crippen LogP contribution in [0, 0.1) is 6.92 Å². The molecule has 2 aromatic rings. The van der Waals surface area contributed by atoms with Gasteiger partial charge >= 0.3 is 5.97 Å². The molecule has 0 atom stereocenters. The molecule has 2 N–H and O–H groups in total. The molecule has 7 nitrogen and oxygen atoms in total. The van der Waals surface area contributed by atoms with Crippen LogP contribution in [0.3, 0.4) is 0 Å². The number of rotatable bonds is 7. The Bertz CT molecular complexity index is 811. The second-order valence-corrected chi connectivity index (χ2v) is 5.74. The van der Waals surface area contributed by atoms with E-state index < -0.39 is 17.7 Å². The number of amides is 1. The third-order valence-corrected chi connectivity index (χ3v) is 3.93. The van der Waals surface area contributed by atoms with Gasteiger partial charge in [-0.3, -0.25) is 9.59 Å². The van der Waals surface area contributed by atoms with Crippen molar-refractivity contribution in [3.05, 3.63) is 47.3 Å². The Morgan fingerprint density at radius 3 is 2.42 bits per heavy atom. The number of likely N-dealkylation sites (N-methyl/N-ethyl adjacent to an activating group) is 1. The molecule has 0 aliphatic heterocycles.